The molecular weight excluding hydrogens is 246 g/mol. The summed E-state index contributed by atoms with van der Waals surface area (Å²) in [5.41, 5.74) is 2.51. The Kier molecular flexibility index (Phi) is 5.18. The van der Waals surface area contributed by atoms with Crippen molar-refractivity contribution in [2.75, 3.05) is 6.54 Å². The average molecular weight is 273 g/mol. The number of hydrogen-bond acceptors (Lipinski definition) is 2. The van der Waals surface area contributed by atoms with E-state index >= 15 is 0 Å². The number of aryl methyl sites for hydroxylation is 1. The van der Waals surface area contributed by atoms with Crippen LogP contribution in [0.4, 0.5) is 0 Å². The molecule has 0 radical (unpaired) electrons. The van der Waals surface area contributed by atoms with Crippen molar-refractivity contribution in [2.24, 2.45) is 5.92 Å². The van der Waals surface area contributed by atoms with Crippen LogP contribution in [0, 0.1) is 5.92 Å². The lowest BCUT2D eigenvalue weighted by Crippen LogP contribution is -2.34. The summed E-state index contributed by atoms with van der Waals surface area (Å²) in [5.74, 6) is 0.638. The van der Waals surface area contributed by atoms with Crippen LogP contribution in [0.25, 0.3) is 10.9 Å². The van der Waals surface area contributed by atoms with Gasteiger partial charge in [-0.05, 0) is 38.8 Å². The molecule has 20 heavy (non-hydrogen) atoms. The molecule has 0 aliphatic heterocycles. The average Bonchev–Trinajstić information content (AvgIpc) is 2.83. The lowest BCUT2D eigenvalue weighted by Gasteiger charge is -2.22. The molecule has 0 amide bonds. The SMILES string of the molecule is CCNC(C)C(CC)Cc1nn(CC)c2ccccc12. The van der Waals surface area contributed by atoms with Crippen molar-refractivity contribution in [3.05, 3.63) is 30.0 Å². The zero-order valence-corrected chi connectivity index (χ0v) is 13.2. The smallest absolute Gasteiger partial charge is 0.0706 e. The number of para-hydroxylation sites is 1. The zero-order valence-electron chi connectivity index (χ0n) is 13.2. The van der Waals surface area contributed by atoms with Crippen molar-refractivity contribution in [1.82, 2.24) is 15.1 Å². The maximum Gasteiger partial charge on any atom is 0.0706 e. The van der Waals surface area contributed by atoms with Gasteiger partial charge in [0, 0.05) is 18.0 Å². The molecular formula is C17H27N3. The normalized spacial score (nSPS) is 14.6. The Morgan fingerprint density at radius 1 is 1.20 bits per heavy atom. The van der Waals surface area contributed by atoms with E-state index in [1.54, 1.807) is 0 Å². The summed E-state index contributed by atoms with van der Waals surface area (Å²) in [4.78, 5) is 0. The number of nitrogens with zero attached hydrogens (tertiary/aromatic N) is 2. The van der Waals surface area contributed by atoms with Crippen molar-refractivity contribution < 1.29 is 0 Å². The van der Waals surface area contributed by atoms with Gasteiger partial charge in [-0.1, -0.05) is 38.5 Å². The maximum atomic E-state index is 4.83. The Hall–Kier alpha value is -1.35. The zero-order chi connectivity index (χ0) is 14.5. The molecule has 0 fully saturated rings. The van der Waals surface area contributed by atoms with Crippen LogP contribution in [0.2, 0.25) is 0 Å². The maximum absolute atomic E-state index is 4.83. The Morgan fingerprint density at radius 3 is 2.60 bits per heavy atom. The molecule has 2 rings (SSSR count). The predicted molar refractivity (Wildman–Crippen MR) is 86.0 cm³/mol. The van der Waals surface area contributed by atoms with E-state index in [1.165, 1.54) is 23.0 Å². The molecule has 3 nitrogen and oxygen atoms in total. The van der Waals surface area contributed by atoms with Crippen LogP contribution in [-0.2, 0) is 13.0 Å². The molecule has 0 bridgehead atoms. The highest BCUT2D eigenvalue weighted by Crippen LogP contribution is 2.23. The molecule has 2 unspecified atom stereocenters. The Morgan fingerprint density at radius 2 is 1.95 bits per heavy atom. The summed E-state index contributed by atoms with van der Waals surface area (Å²) in [5, 5.41) is 9.69. The van der Waals surface area contributed by atoms with Crippen LogP contribution in [0.1, 0.15) is 39.8 Å². The van der Waals surface area contributed by atoms with Crippen molar-refractivity contribution in [3.63, 3.8) is 0 Å². The van der Waals surface area contributed by atoms with Gasteiger partial charge in [-0.2, -0.15) is 5.10 Å². The molecule has 0 saturated heterocycles. The summed E-state index contributed by atoms with van der Waals surface area (Å²) in [6.45, 7) is 10.8. The van der Waals surface area contributed by atoms with E-state index in [2.05, 4.69) is 62.0 Å². The van der Waals surface area contributed by atoms with Crippen LogP contribution in [-0.4, -0.2) is 22.4 Å². The second kappa shape index (κ2) is 6.89. The van der Waals surface area contributed by atoms with Crippen molar-refractivity contribution in [1.29, 1.82) is 0 Å². The molecule has 1 N–H and O–H groups in total. The standard InChI is InChI=1S/C17H27N3/c1-5-14(13(4)18-6-2)12-16-15-10-8-9-11-17(15)20(7-3)19-16/h8-11,13-14,18H,5-7,12H2,1-4H3. The van der Waals surface area contributed by atoms with Crippen molar-refractivity contribution in [3.8, 4) is 0 Å². The highest BCUT2D eigenvalue weighted by molar-refractivity contribution is 5.81. The molecule has 3 heteroatoms. The van der Waals surface area contributed by atoms with E-state index in [0.717, 1.165) is 19.5 Å². The number of benzene rings is 1. The molecule has 0 aliphatic carbocycles. The van der Waals surface area contributed by atoms with E-state index < -0.39 is 0 Å². The lowest BCUT2D eigenvalue weighted by molar-refractivity contribution is 0.364. The van der Waals surface area contributed by atoms with Crippen LogP contribution in [0.15, 0.2) is 24.3 Å². The molecule has 1 aromatic carbocycles. The van der Waals surface area contributed by atoms with Crippen LogP contribution >= 0.6 is 0 Å². The van der Waals surface area contributed by atoms with Gasteiger partial charge in [0.25, 0.3) is 0 Å². The number of nitrogens with one attached hydrogen (secondary N) is 1. The molecule has 0 aliphatic rings. The monoisotopic (exact) mass is 273 g/mol. The highest BCUT2D eigenvalue weighted by atomic mass is 15.3. The van der Waals surface area contributed by atoms with Gasteiger partial charge in [-0.3, -0.25) is 4.68 Å². The Labute approximate surface area is 122 Å². The van der Waals surface area contributed by atoms with Gasteiger partial charge < -0.3 is 5.32 Å². The molecule has 1 aromatic heterocycles. The van der Waals surface area contributed by atoms with Crippen molar-refractivity contribution in [2.45, 2.75) is 53.1 Å². The minimum absolute atomic E-state index is 0.538. The van der Waals surface area contributed by atoms with Gasteiger partial charge in [-0.15, -0.1) is 0 Å². The fourth-order valence-corrected chi connectivity index (χ4v) is 3.00. The minimum Gasteiger partial charge on any atom is -0.314 e. The van der Waals surface area contributed by atoms with Gasteiger partial charge in [-0.25, -0.2) is 0 Å². The van der Waals surface area contributed by atoms with Gasteiger partial charge in [0.15, 0.2) is 0 Å². The summed E-state index contributed by atoms with van der Waals surface area (Å²) in [6.07, 6.45) is 2.24. The summed E-state index contributed by atoms with van der Waals surface area (Å²) >= 11 is 0. The van der Waals surface area contributed by atoms with E-state index in [9.17, 15) is 0 Å². The predicted octanol–water partition coefficient (Wildman–Crippen LogP) is 3.62. The van der Waals surface area contributed by atoms with E-state index in [1.807, 2.05) is 0 Å². The second-order valence-electron chi connectivity index (χ2n) is 5.50. The largest absolute Gasteiger partial charge is 0.314 e. The summed E-state index contributed by atoms with van der Waals surface area (Å²) < 4.78 is 2.12. The molecule has 1 heterocycles. The van der Waals surface area contributed by atoms with E-state index in [-0.39, 0.29) is 0 Å². The third-order valence-electron chi connectivity index (χ3n) is 4.25. The molecule has 0 saturated carbocycles. The Bertz CT molecular complexity index is 544. The van der Waals surface area contributed by atoms with E-state index in [0.29, 0.717) is 12.0 Å². The third kappa shape index (κ3) is 3.04. The summed E-state index contributed by atoms with van der Waals surface area (Å²) in [6, 6.07) is 9.12. The number of rotatable bonds is 7. The van der Waals surface area contributed by atoms with Crippen LogP contribution < -0.4 is 5.32 Å². The second-order valence-corrected chi connectivity index (χ2v) is 5.50. The van der Waals surface area contributed by atoms with Crippen LogP contribution in [0.3, 0.4) is 0 Å². The summed E-state index contributed by atoms with van der Waals surface area (Å²) in [7, 11) is 0. The molecule has 2 aromatic rings. The van der Waals surface area contributed by atoms with Crippen molar-refractivity contribution >= 4 is 10.9 Å². The lowest BCUT2D eigenvalue weighted by atomic mass is 9.92. The molecule has 0 spiro atoms. The third-order valence-corrected chi connectivity index (χ3v) is 4.25. The van der Waals surface area contributed by atoms with Crippen LogP contribution in [0.5, 0.6) is 0 Å². The van der Waals surface area contributed by atoms with E-state index in [4.69, 9.17) is 5.10 Å². The number of fused-ring (bicyclic) bond motifs is 1. The van der Waals surface area contributed by atoms with Gasteiger partial charge in [0.1, 0.15) is 0 Å². The first-order chi connectivity index (χ1) is 9.71. The van der Waals surface area contributed by atoms with Gasteiger partial charge in [0.05, 0.1) is 11.2 Å². The minimum atomic E-state index is 0.538. The molecule has 110 valence electrons. The fraction of sp³-hybridized carbons (Fsp3) is 0.588. The quantitative estimate of drug-likeness (QED) is 0.835. The van der Waals surface area contributed by atoms with Gasteiger partial charge >= 0.3 is 0 Å². The fourth-order valence-electron chi connectivity index (χ4n) is 3.00. The topological polar surface area (TPSA) is 29.9 Å². The first-order valence-electron chi connectivity index (χ1n) is 7.89. The number of aromatic nitrogens is 2. The number of hydrogen-bond donors (Lipinski definition) is 1. The Balaban J connectivity index is 2.28. The highest BCUT2D eigenvalue weighted by Gasteiger charge is 2.18. The van der Waals surface area contributed by atoms with Gasteiger partial charge in [0.2, 0.25) is 0 Å². The first-order valence-corrected chi connectivity index (χ1v) is 7.89. The first kappa shape index (κ1) is 15.0. The molecule has 2 atom stereocenters.